The van der Waals surface area contributed by atoms with E-state index in [9.17, 15) is 4.79 Å². The highest BCUT2D eigenvalue weighted by molar-refractivity contribution is 5.71. The van der Waals surface area contributed by atoms with Gasteiger partial charge in [0.1, 0.15) is 5.75 Å². The number of para-hydroxylation sites is 2. The van der Waals surface area contributed by atoms with Crippen LogP contribution in [0.25, 0.3) is 0 Å². The highest BCUT2D eigenvalue weighted by atomic mass is 16.5. The van der Waals surface area contributed by atoms with Gasteiger partial charge < -0.3 is 14.4 Å². The molecule has 122 valence electrons. The zero-order valence-electron chi connectivity index (χ0n) is 13.6. The van der Waals surface area contributed by atoms with Gasteiger partial charge in [0.05, 0.1) is 25.9 Å². The second-order valence-corrected chi connectivity index (χ2v) is 5.51. The first-order valence-corrected chi connectivity index (χ1v) is 8.00. The lowest BCUT2D eigenvalue weighted by Crippen LogP contribution is -2.48. The van der Waals surface area contributed by atoms with Crippen molar-refractivity contribution in [3.8, 4) is 5.75 Å². The van der Waals surface area contributed by atoms with E-state index >= 15 is 0 Å². The van der Waals surface area contributed by atoms with Crippen molar-refractivity contribution in [3.63, 3.8) is 0 Å². The zero-order chi connectivity index (χ0) is 15.8. The molecule has 1 fully saturated rings. The van der Waals surface area contributed by atoms with Crippen molar-refractivity contribution >= 4 is 11.7 Å². The fraction of sp³-hybridized carbons (Fsp3) is 0.588. The van der Waals surface area contributed by atoms with Crippen LogP contribution in [0.4, 0.5) is 5.69 Å². The number of piperazine rings is 1. The summed E-state index contributed by atoms with van der Waals surface area (Å²) in [7, 11) is 1.70. The first kappa shape index (κ1) is 16.6. The lowest BCUT2D eigenvalue weighted by atomic mass is 10.2. The molecular formula is C17H26N2O3. The summed E-state index contributed by atoms with van der Waals surface area (Å²) in [6.45, 7) is 6.53. The molecule has 0 bridgehead atoms. The van der Waals surface area contributed by atoms with Crippen LogP contribution < -0.4 is 9.64 Å². The number of hydrogen-bond acceptors (Lipinski definition) is 5. The van der Waals surface area contributed by atoms with Crippen LogP contribution in [0, 0.1) is 0 Å². The Labute approximate surface area is 132 Å². The molecule has 0 atom stereocenters. The third kappa shape index (κ3) is 4.63. The normalized spacial score (nSPS) is 15.6. The Morgan fingerprint density at radius 1 is 1.18 bits per heavy atom. The third-order valence-electron chi connectivity index (χ3n) is 3.91. The number of methoxy groups -OCH3 is 1. The van der Waals surface area contributed by atoms with E-state index in [-0.39, 0.29) is 5.97 Å². The van der Waals surface area contributed by atoms with Gasteiger partial charge in [-0.05, 0) is 18.6 Å². The van der Waals surface area contributed by atoms with Crippen molar-refractivity contribution in [3.05, 3.63) is 24.3 Å². The number of rotatable bonds is 7. The lowest BCUT2D eigenvalue weighted by Gasteiger charge is -2.36. The van der Waals surface area contributed by atoms with Gasteiger partial charge in [-0.1, -0.05) is 25.5 Å². The molecule has 5 heteroatoms. The zero-order valence-corrected chi connectivity index (χ0v) is 13.6. The van der Waals surface area contributed by atoms with E-state index in [4.69, 9.17) is 9.47 Å². The fourth-order valence-electron chi connectivity index (χ4n) is 2.60. The van der Waals surface area contributed by atoms with Crippen molar-refractivity contribution < 1.29 is 14.3 Å². The Morgan fingerprint density at radius 3 is 2.59 bits per heavy atom. The average molecular weight is 306 g/mol. The summed E-state index contributed by atoms with van der Waals surface area (Å²) in [5.74, 6) is 0.786. The fourth-order valence-corrected chi connectivity index (χ4v) is 2.60. The van der Waals surface area contributed by atoms with E-state index in [0.29, 0.717) is 13.2 Å². The maximum absolute atomic E-state index is 11.7. The van der Waals surface area contributed by atoms with Gasteiger partial charge in [0.2, 0.25) is 0 Å². The lowest BCUT2D eigenvalue weighted by molar-refractivity contribution is -0.145. The summed E-state index contributed by atoms with van der Waals surface area (Å²) >= 11 is 0. The molecule has 1 aliphatic rings. The molecular weight excluding hydrogens is 280 g/mol. The smallest absolute Gasteiger partial charge is 0.320 e. The van der Waals surface area contributed by atoms with E-state index in [0.717, 1.165) is 50.5 Å². The molecule has 0 N–H and O–H groups in total. The van der Waals surface area contributed by atoms with Crippen LogP contribution in [0.3, 0.4) is 0 Å². The van der Waals surface area contributed by atoms with Crippen molar-refractivity contribution in [1.82, 2.24) is 4.90 Å². The molecule has 5 nitrogen and oxygen atoms in total. The number of esters is 1. The van der Waals surface area contributed by atoms with Crippen LogP contribution in [-0.2, 0) is 9.53 Å². The summed E-state index contributed by atoms with van der Waals surface area (Å²) < 4.78 is 10.6. The SMILES string of the molecule is CCCCOC(=O)CN1CCN(c2ccccc2OC)CC1. The van der Waals surface area contributed by atoms with E-state index in [2.05, 4.69) is 22.8 Å². The van der Waals surface area contributed by atoms with Gasteiger partial charge in [0.15, 0.2) is 0 Å². The molecule has 0 amide bonds. The number of ether oxygens (including phenoxy) is 2. The average Bonchev–Trinajstić information content (AvgIpc) is 2.56. The number of anilines is 1. The Kier molecular flexibility index (Phi) is 6.52. The maximum atomic E-state index is 11.7. The molecule has 0 aliphatic carbocycles. The Balaban J connectivity index is 1.79. The largest absolute Gasteiger partial charge is 0.495 e. The monoisotopic (exact) mass is 306 g/mol. The minimum Gasteiger partial charge on any atom is -0.495 e. The molecule has 22 heavy (non-hydrogen) atoms. The van der Waals surface area contributed by atoms with Crippen LogP contribution in [0.2, 0.25) is 0 Å². The van der Waals surface area contributed by atoms with Crippen molar-refractivity contribution in [2.45, 2.75) is 19.8 Å². The van der Waals surface area contributed by atoms with E-state index < -0.39 is 0 Å². The quantitative estimate of drug-likeness (QED) is 0.570. The van der Waals surface area contributed by atoms with Crippen LogP contribution in [0.5, 0.6) is 5.75 Å². The summed E-state index contributed by atoms with van der Waals surface area (Å²) in [6.07, 6.45) is 1.98. The van der Waals surface area contributed by atoms with Gasteiger partial charge in [-0.2, -0.15) is 0 Å². The molecule has 1 aliphatic heterocycles. The molecule has 0 unspecified atom stereocenters. The summed E-state index contributed by atoms with van der Waals surface area (Å²) in [5.41, 5.74) is 1.12. The molecule has 0 spiro atoms. The maximum Gasteiger partial charge on any atom is 0.320 e. The van der Waals surface area contributed by atoms with Crippen LogP contribution in [0.1, 0.15) is 19.8 Å². The topological polar surface area (TPSA) is 42.0 Å². The number of benzene rings is 1. The van der Waals surface area contributed by atoms with Crippen LogP contribution in [-0.4, -0.2) is 57.3 Å². The number of nitrogens with zero attached hydrogens (tertiary/aromatic N) is 2. The molecule has 1 aromatic carbocycles. The second-order valence-electron chi connectivity index (χ2n) is 5.51. The molecule has 0 aromatic heterocycles. The Bertz CT molecular complexity index is 471. The molecule has 0 saturated carbocycles. The van der Waals surface area contributed by atoms with Gasteiger partial charge in [-0.3, -0.25) is 9.69 Å². The molecule has 2 rings (SSSR count). The summed E-state index contributed by atoms with van der Waals surface area (Å²) in [5, 5.41) is 0. The summed E-state index contributed by atoms with van der Waals surface area (Å²) in [6, 6.07) is 8.06. The standard InChI is InChI=1S/C17H26N2O3/c1-3-4-13-22-17(20)14-18-9-11-19(12-10-18)15-7-5-6-8-16(15)21-2/h5-8H,3-4,9-14H2,1-2H3. The summed E-state index contributed by atoms with van der Waals surface area (Å²) in [4.78, 5) is 16.2. The minimum atomic E-state index is -0.112. The predicted molar refractivity (Wildman–Crippen MR) is 87.5 cm³/mol. The Morgan fingerprint density at radius 2 is 1.91 bits per heavy atom. The van der Waals surface area contributed by atoms with Gasteiger partial charge in [0.25, 0.3) is 0 Å². The number of unbranched alkanes of at least 4 members (excludes halogenated alkanes) is 1. The van der Waals surface area contributed by atoms with Crippen molar-refractivity contribution in [1.29, 1.82) is 0 Å². The first-order valence-electron chi connectivity index (χ1n) is 8.00. The molecule has 1 saturated heterocycles. The van der Waals surface area contributed by atoms with Crippen LogP contribution >= 0.6 is 0 Å². The van der Waals surface area contributed by atoms with Gasteiger partial charge in [-0.25, -0.2) is 0 Å². The van der Waals surface area contributed by atoms with Crippen molar-refractivity contribution in [2.75, 3.05) is 51.3 Å². The molecule has 1 heterocycles. The number of hydrogen-bond donors (Lipinski definition) is 0. The van der Waals surface area contributed by atoms with Gasteiger partial charge in [0, 0.05) is 26.2 Å². The third-order valence-corrected chi connectivity index (χ3v) is 3.91. The Hall–Kier alpha value is -1.75. The van der Waals surface area contributed by atoms with E-state index in [1.54, 1.807) is 7.11 Å². The van der Waals surface area contributed by atoms with E-state index in [1.165, 1.54) is 0 Å². The minimum absolute atomic E-state index is 0.112. The second kappa shape index (κ2) is 8.63. The van der Waals surface area contributed by atoms with E-state index in [1.807, 2.05) is 18.2 Å². The molecule has 0 radical (unpaired) electrons. The van der Waals surface area contributed by atoms with Gasteiger partial charge >= 0.3 is 5.97 Å². The highest BCUT2D eigenvalue weighted by Crippen LogP contribution is 2.28. The van der Waals surface area contributed by atoms with Gasteiger partial charge in [-0.15, -0.1) is 0 Å². The predicted octanol–water partition coefficient (Wildman–Crippen LogP) is 2.16. The first-order chi connectivity index (χ1) is 10.7. The van der Waals surface area contributed by atoms with Crippen molar-refractivity contribution in [2.24, 2.45) is 0 Å². The molecule has 1 aromatic rings. The number of carbonyl (C=O) groups excluding carboxylic acids is 1. The highest BCUT2D eigenvalue weighted by Gasteiger charge is 2.21. The van der Waals surface area contributed by atoms with Crippen LogP contribution in [0.15, 0.2) is 24.3 Å². The number of carbonyl (C=O) groups is 1.